The van der Waals surface area contributed by atoms with Gasteiger partial charge in [0.15, 0.2) is 0 Å². The largest absolute Gasteiger partial charge is 0.399 e. The van der Waals surface area contributed by atoms with Gasteiger partial charge in [-0.25, -0.2) is 0 Å². The number of hydrogen-bond donors (Lipinski definition) is 1. The highest BCUT2D eigenvalue weighted by molar-refractivity contribution is 9.10. The van der Waals surface area contributed by atoms with Crippen molar-refractivity contribution in [3.05, 3.63) is 58.1 Å². The lowest BCUT2D eigenvalue weighted by Gasteiger charge is -2.21. The standard InChI is InChI=1S/C15H14BrN3/c1-19(10-11-5-7-12(18)8-6-11)15-4-2-3-14(16)13(15)9-17/h2-8H,10,18H2,1H3. The number of benzene rings is 2. The number of rotatable bonds is 3. The van der Waals surface area contributed by atoms with E-state index in [1.54, 1.807) is 0 Å². The van der Waals surface area contributed by atoms with Crippen LogP contribution in [-0.2, 0) is 6.54 Å². The Morgan fingerprint density at radius 2 is 1.89 bits per heavy atom. The van der Waals surface area contributed by atoms with E-state index in [2.05, 4.69) is 26.9 Å². The number of halogens is 1. The summed E-state index contributed by atoms with van der Waals surface area (Å²) in [6.07, 6.45) is 0. The maximum absolute atomic E-state index is 9.23. The molecule has 4 heteroatoms. The van der Waals surface area contributed by atoms with Crippen molar-refractivity contribution in [1.82, 2.24) is 0 Å². The molecule has 2 aromatic carbocycles. The van der Waals surface area contributed by atoms with Crippen LogP contribution in [0.3, 0.4) is 0 Å². The zero-order valence-electron chi connectivity index (χ0n) is 10.6. The minimum Gasteiger partial charge on any atom is -0.399 e. The van der Waals surface area contributed by atoms with Crippen LogP contribution in [-0.4, -0.2) is 7.05 Å². The summed E-state index contributed by atoms with van der Waals surface area (Å²) in [5, 5.41) is 9.23. The second-order valence-electron chi connectivity index (χ2n) is 4.34. The number of hydrogen-bond acceptors (Lipinski definition) is 3. The van der Waals surface area contributed by atoms with Crippen molar-refractivity contribution >= 4 is 27.3 Å². The lowest BCUT2D eigenvalue weighted by molar-refractivity contribution is 0.920. The first-order chi connectivity index (χ1) is 9.11. The highest BCUT2D eigenvalue weighted by atomic mass is 79.9. The molecular formula is C15H14BrN3. The Morgan fingerprint density at radius 3 is 2.53 bits per heavy atom. The third-order valence-corrected chi connectivity index (χ3v) is 3.57. The molecule has 0 aromatic heterocycles. The third-order valence-electron chi connectivity index (χ3n) is 2.91. The molecule has 3 nitrogen and oxygen atoms in total. The van der Waals surface area contributed by atoms with Crippen LogP contribution in [0, 0.1) is 11.3 Å². The van der Waals surface area contributed by atoms with E-state index in [1.165, 1.54) is 0 Å². The fourth-order valence-electron chi connectivity index (χ4n) is 1.92. The SMILES string of the molecule is CN(Cc1ccc(N)cc1)c1cccc(Br)c1C#N. The van der Waals surface area contributed by atoms with Crippen molar-refractivity contribution < 1.29 is 0 Å². The second-order valence-corrected chi connectivity index (χ2v) is 5.20. The first kappa shape index (κ1) is 13.4. The van der Waals surface area contributed by atoms with Crippen molar-refractivity contribution in [3.8, 4) is 6.07 Å². The van der Waals surface area contributed by atoms with Gasteiger partial charge < -0.3 is 10.6 Å². The Balaban J connectivity index is 2.25. The van der Waals surface area contributed by atoms with Gasteiger partial charge in [0, 0.05) is 23.8 Å². The van der Waals surface area contributed by atoms with Crippen LogP contribution < -0.4 is 10.6 Å². The fourth-order valence-corrected chi connectivity index (χ4v) is 2.37. The zero-order chi connectivity index (χ0) is 13.8. The maximum atomic E-state index is 9.23. The van der Waals surface area contributed by atoms with Crippen molar-refractivity contribution in [2.24, 2.45) is 0 Å². The molecule has 0 unspecified atom stereocenters. The molecule has 0 atom stereocenters. The van der Waals surface area contributed by atoms with Gasteiger partial charge in [-0.2, -0.15) is 5.26 Å². The molecule has 0 aliphatic heterocycles. The van der Waals surface area contributed by atoms with Gasteiger partial charge in [0.2, 0.25) is 0 Å². The molecule has 96 valence electrons. The van der Waals surface area contributed by atoms with Crippen molar-refractivity contribution in [2.75, 3.05) is 17.7 Å². The number of nitrogen functional groups attached to an aromatic ring is 1. The lowest BCUT2D eigenvalue weighted by atomic mass is 10.1. The number of nitrogens with zero attached hydrogens (tertiary/aromatic N) is 2. The molecule has 0 saturated carbocycles. The topological polar surface area (TPSA) is 53.0 Å². The van der Waals surface area contributed by atoms with Crippen LogP contribution in [0.25, 0.3) is 0 Å². The van der Waals surface area contributed by atoms with Gasteiger partial charge in [-0.3, -0.25) is 0 Å². The molecule has 19 heavy (non-hydrogen) atoms. The van der Waals surface area contributed by atoms with Gasteiger partial charge in [-0.05, 0) is 45.8 Å². The first-order valence-corrected chi connectivity index (χ1v) is 6.65. The lowest BCUT2D eigenvalue weighted by Crippen LogP contribution is -2.17. The molecule has 0 bridgehead atoms. The first-order valence-electron chi connectivity index (χ1n) is 5.86. The third kappa shape index (κ3) is 3.07. The van der Waals surface area contributed by atoms with Crippen LogP contribution in [0.1, 0.15) is 11.1 Å². The molecular weight excluding hydrogens is 302 g/mol. The summed E-state index contributed by atoms with van der Waals surface area (Å²) in [7, 11) is 1.97. The molecule has 0 heterocycles. The molecule has 2 N–H and O–H groups in total. The predicted molar refractivity (Wildman–Crippen MR) is 81.8 cm³/mol. The Morgan fingerprint density at radius 1 is 1.21 bits per heavy atom. The summed E-state index contributed by atoms with van der Waals surface area (Å²) in [5.41, 5.74) is 9.14. The molecule has 0 spiro atoms. The average Bonchev–Trinajstić information content (AvgIpc) is 2.41. The van der Waals surface area contributed by atoms with Crippen LogP contribution in [0.2, 0.25) is 0 Å². The van der Waals surface area contributed by atoms with Gasteiger partial charge in [-0.15, -0.1) is 0 Å². The fraction of sp³-hybridized carbons (Fsp3) is 0.133. The Hall–Kier alpha value is -1.99. The van der Waals surface area contributed by atoms with Crippen LogP contribution in [0.4, 0.5) is 11.4 Å². The summed E-state index contributed by atoms with van der Waals surface area (Å²) < 4.78 is 0.816. The summed E-state index contributed by atoms with van der Waals surface area (Å²) in [6.45, 7) is 0.728. The molecule has 0 aliphatic carbocycles. The van der Waals surface area contributed by atoms with E-state index in [-0.39, 0.29) is 0 Å². The Labute approximate surface area is 121 Å². The monoisotopic (exact) mass is 315 g/mol. The summed E-state index contributed by atoms with van der Waals surface area (Å²) >= 11 is 3.40. The average molecular weight is 316 g/mol. The van der Waals surface area contributed by atoms with Crippen LogP contribution >= 0.6 is 15.9 Å². The van der Waals surface area contributed by atoms with E-state index >= 15 is 0 Å². The minimum absolute atomic E-state index is 0.653. The summed E-state index contributed by atoms with van der Waals surface area (Å²) in [6, 6.07) is 15.7. The van der Waals surface area contributed by atoms with Crippen LogP contribution in [0.5, 0.6) is 0 Å². The van der Waals surface area contributed by atoms with Gasteiger partial charge >= 0.3 is 0 Å². The van der Waals surface area contributed by atoms with Crippen LogP contribution in [0.15, 0.2) is 46.9 Å². The minimum atomic E-state index is 0.653. The highest BCUT2D eigenvalue weighted by Gasteiger charge is 2.10. The normalized spacial score (nSPS) is 9.95. The van der Waals surface area contributed by atoms with E-state index in [9.17, 15) is 5.26 Å². The van der Waals surface area contributed by atoms with Crippen molar-refractivity contribution in [3.63, 3.8) is 0 Å². The summed E-state index contributed by atoms with van der Waals surface area (Å²) in [5.74, 6) is 0. The van der Waals surface area contributed by atoms with E-state index < -0.39 is 0 Å². The smallest absolute Gasteiger partial charge is 0.103 e. The molecule has 0 aliphatic rings. The Kier molecular flexibility index (Phi) is 4.08. The maximum Gasteiger partial charge on any atom is 0.103 e. The highest BCUT2D eigenvalue weighted by Crippen LogP contribution is 2.27. The molecule has 2 rings (SSSR count). The summed E-state index contributed by atoms with van der Waals surface area (Å²) in [4.78, 5) is 2.05. The van der Waals surface area contributed by atoms with Gasteiger partial charge in [0.05, 0.1) is 11.3 Å². The predicted octanol–water partition coefficient (Wildman–Crippen LogP) is 3.54. The van der Waals surface area contributed by atoms with E-state index in [4.69, 9.17) is 5.73 Å². The van der Waals surface area contributed by atoms with Gasteiger partial charge in [0.1, 0.15) is 6.07 Å². The zero-order valence-corrected chi connectivity index (χ0v) is 12.2. The quantitative estimate of drug-likeness (QED) is 0.881. The molecule has 2 aromatic rings. The number of nitriles is 1. The Bertz CT molecular complexity index is 614. The molecule has 0 radical (unpaired) electrons. The van der Waals surface area contributed by atoms with Gasteiger partial charge in [0.25, 0.3) is 0 Å². The molecule has 0 amide bonds. The number of anilines is 2. The van der Waals surface area contributed by atoms with E-state index in [1.807, 2.05) is 49.5 Å². The van der Waals surface area contributed by atoms with E-state index in [0.29, 0.717) is 5.56 Å². The second kappa shape index (κ2) is 5.77. The van der Waals surface area contributed by atoms with Crippen molar-refractivity contribution in [1.29, 1.82) is 5.26 Å². The van der Waals surface area contributed by atoms with E-state index in [0.717, 1.165) is 28.0 Å². The van der Waals surface area contributed by atoms with Gasteiger partial charge in [-0.1, -0.05) is 18.2 Å². The molecule has 0 saturated heterocycles. The van der Waals surface area contributed by atoms with Crippen molar-refractivity contribution in [2.45, 2.75) is 6.54 Å². The number of nitrogens with two attached hydrogens (primary N) is 1. The molecule has 0 fully saturated rings.